The van der Waals surface area contributed by atoms with Crippen LogP contribution in [0.5, 0.6) is 0 Å². The van der Waals surface area contributed by atoms with Gasteiger partial charge >= 0.3 is 0 Å². The van der Waals surface area contributed by atoms with Crippen LogP contribution in [-0.2, 0) is 4.79 Å². The molecular weight excluding hydrogens is 204 g/mol. The van der Waals surface area contributed by atoms with Crippen molar-refractivity contribution in [3.8, 4) is 0 Å². The van der Waals surface area contributed by atoms with E-state index in [9.17, 15) is 4.79 Å². The van der Waals surface area contributed by atoms with Crippen LogP contribution in [0.4, 0.5) is 0 Å². The smallest absolute Gasteiger partial charge is 0.237 e. The van der Waals surface area contributed by atoms with E-state index < -0.39 is 6.04 Å². The van der Waals surface area contributed by atoms with Crippen LogP contribution in [0.25, 0.3) is 0 Å². The average Bonchev–Trinajstić information content (AvgIpc) is 2.23. The second-order valence-electron chi connectivity index (χ2n) is 5.27. The quantitative estimate of drug-likeness (QED) is 0.608. The van der Waals surface area contributed by atoms with Crippen LogP contribution in [0.2, 0.25) is 0 Å². The van der Waals surface area contributed by atoms with Gasteiger partial charge in [0.25, 0.3) is 0 Å². The number of aliphatic hydroxyl groups is 1. The summed E-state index contributed by atoms with van der Waals surface area (Å²) in [6.45, 7) is 8.71. The highest BCUT2D eigenvalue weighted by atomic mass is 16.3. The van der Waals surface area contributed by atoms with Crippen LogP contribution >= 0.6 is 0 Å². The average molecular weight is 230 g/mol. The Kier molecular flexibility index (Phi) is 6.60. The van der Waals surface area contributed by atoms with Crippen LogP contribution in [0.3, 0.4) is 0 Å². The zero-order valence-electron chi connectivity index (χ0n) is 10.9. The number of carbonyl (C=O) groups excluding carboxylic acids is 1. The maximum atomic E-state index is 11.7. The predicted octanol–water partition coefficient (Wildman–Crippen LogP) is 0.885. The molecule has 4 N–H and O–H groups in total. The van der Waals surface area contributed by atoms with Crippen LogP contribution in [0.15, 0.2) is 0 Å². The molecule has 0 aliphatic carbocycles. The number of hydrogen-bond donors (Lipinski definition) is 3. The summed E-state index contributed by atoms with van der Waals surface area (Å²) in [4.78, 5) is 11.7. The van der Waals surface area contributed by atoms with E-state index in [0.717, 1.165) is 6.42 Å². The Labute approximate surface area is 98.6 Å². The zero-order chi connectivity index (χ0) is 12.8. The summed E-state index contributed by atoms with van der Waals surface area (Å²) in [6.07, 6.45) is 1.57. The topological polar surface area (TPSA) is 75.4 Å². The van der Waals surface area contributed by atoms with E-state index in [-0.39, 0.29) is 23.8 Å². The first-order valence-corrected chi connectivity index (χ1v) is 5.98. The van der Waals surface area contributed by atoms with Crippen molar-refractivity contribution in [1.29, 1.82) is 0 Å². The van der Waals surface area contributed by atoms with Gasteiger partial charge in [0.05, 0.1) is 6.04 Å². The lowest BCUT2D eigenvalue weighted by Gasteiger charge is -2.26. The standard InChI is InChI=1S/C12H26N2O2/c1-5-9(2)10(13)11(16)14-8-12(3,4)6-7-15/h9-10,15H,5-8,13H2,1-4H3,(H,14,16). The van der Waals surface area contributed by atoms with E-state index >= 15 is 0 Å². The van der Waals surface area contributed by atoms with Crippen molar-refractivity contribution in [3.63, 3.8) is 0 Å². The Morgan fingerprint density at radius 1 is 1.50 bits per heavy atom. The van der Waals surface area contributed by atoms with Gasteiger partial charge in [-0.15, -0.1) is 0 Å². The second-order valence-corrected chi connectivity index (χ2v) is 5.27. The van der Waals surface area contributed by atoms with E-state index in [2.05, 4.69) is 5.32 Å². The monoisotopic (exact) mass is 230 g/mol. The lowest BCUT2D eigenvalue weighted by molar-refractivity contribution is -0.123. The molecule has 0 aliphatic rings. The van der Waals surface area contributed by atoms with Crippen molar-refractivity contribution in [2.45, 2.75) is 46.6 Å². The van der Waals surface area contributed by atoms with Crippen molar-refractivity contribution < 1.29 is 9.90 Å². The first-order valence-electron chi connectivity index (χ1n) is 5.98. The molecule has 4 heteroatoms. The third kappa shape index (κ3) is 5.47. The molecule has 2 atom stereocenters. The highest BCUT2D eigenvalue weighted by molar-refractivity contribution is 5.81. The third-order valence-electron chi connectivity index (χ3n) is 3.09. The van der Waals surface area contributed by atoms with Gasteiger partial charge in [-0.1, -0.05) is 34.1 Å². The minimum atomic E-state index is -0.435. The van der Waals surface area contributed by atoms with Gasteiger partial charge in [-0.25, -0.2) is 0 Å². The second kappa shape index (κ2) is 6.86. The molecule has 0 bridgehead atoms. The van der Waals surface area contributed by atoms with Crippen molar-refractivity contribution in [2.24, 2.45) is 17.1 Å². The molecule has 0 fully saturated rings. The van der Waals surface area contributed by atoms with Gasteiger partial charge in [-0.3, -0.25) is 4.79 Å². The SMILES string of the molecule is CCC(C)C(N)C(=O)NCC(C)(C)CCO. The van der Waals surface area contributed by atoms with Gasteiger partial charge in [0.1, 0.15) is 0 Å². The Balaban J connectivity index is 4.06. The van der Waals surface area contributed by atoms with Crippen molar-refractivity contribution >= 4 is 5.91 Å². The van der Waals surface area contributed by atoms with Gasteiger partial charge in [-0.2, -0.15) is 0 Å². The molecule has 0 rings (SSSR count). The third-order valence-corrected chi connectivity index (χ3v) is 3.09. The molecule has 0 aromatic carbocycles. The van der Waals surface area contributed by atoms with Gasteiger partial charge < -0.3 is 16.2 Å². The fourth-order valence-electron chi connectivity index (χ4n) is 1.35. The molecule has 0 spiro atoms. The number of aliphatic hydroxyl groups excluding tert-OH is 1. The van der Waals surface area contributed by atoms with E-state index in [1.54, 1.807) is 0 Å². The summed E-state index contributed by atoms with van der Waals surface area (Å²) in [5.41, 5.74) is 5.73. The molecule has 1 amide bonds. The van der Waals surface area contributed by atoms with E-state index in [1.807, 2.05) is 27.7 Å². The van der Waals surface area contributed by atoms with Gasteiger partial charge in [0.2, 0.25) is 5.91 Å². The summed E-state index contributed by atoms with van der Waals surface area (Å²) < 4.78 is 0. The van der Waals surface area contributed by atoms with E-state index in [1.165, 1.54) is 0 Å². The number of carbonyl (C=O) groups is 1. The number of nitrogens with one attached hydrogen (secondary N) is 1. The highest BCUT2D eigenvalue weighted by Crippen LogP contribution is 2.18. The van der Waals surface area contributed by atoms with Gasteiger partial charge in [0.15, 0.2) is 0 Å². The van der Waals surface area contributed by atoms with Crippen LogP contribution < -0.4 is 11.1 Å². The number of rotatable bonds is 7. The minimum Gasteiger partial charge on any atom is -0.396 e. The Hall–Kier alpha value is -0.610. The fourth-order valence-corrected chi connectivity index (χ4v) is 1.35. The zero-order valence-corrected chi connectivity index (χ0v) is 10.9. The van der Waals surface area contributed by atoms with Crippen LogP contribution in [0, 0.1) is 11.3 Å². The highest BCUT2D eigenvalue weighted by Gasteiger charge is 2.22. The summed E-state index contributed by atoms with van der Waals surface area (Å²) in [5, 5.41) is 11.7. The molecule has 0 saturated heterocycles. The number of nitrogens with two attached hydrogens (primary N) is 1. The first-order chi connectivity index (χ1) is 7.34. The van der Waals surface area contributed by atoms with Crippen molar-refractivity contribution in [2.75, 3.05) is 13.2 Å². The number of amides is 1. The first kappa shape index (κ1) is 15.4. The van der Waals surface area contributed by atoms with E-state index in [0.29, 0.717) is 13.0 Å². The van der Waals surface area contributed by atoms with Crippen molar-refractivity contribution in [1.82, 2.24) is 5.32 Å². The largest absolute Gasteiger partial charge is 0.396 e. The Morgan fingerprint density at radius 2 is 2.06 bits per heavy atom. The summed E-state index contributed by atoms with van der Waals surface area (Å²) in [5.74, 6) is 0.0984. The maximum Gasteiger partial charge on any atom is 0.237 e. The molecule has 2 unspecified atom stereocenters. The molecule has 0 radical (unpaired) electrons. The molecule has 96 valence electrons. The molecule has 0 saturated carbocycles. The molecule has 0 aromatic rings. The minimum absolute atomic E-state index is 0.0837. The lowest BCUT2D eigenvalue weighted by atomic mass is 9.89. The summed E-state index contributed by atoms with van der Waals surface area (Å²) in [7, 11) is 0. The molecule has 0 aromatic heterocycles. The normalized spacial score (nSPS) is 15.6. The molecule has 0 heterocycles. The molecular formula is C12H26N2O2. The van der Waals surface area contributed by atoms with Crippen molar-refractivity contribution in [3.05, 3.63) is 0 Å². The lowest BCUT2D eigenvalue weighted by Crippen LogP contribution is -2.47. The van der Waals surface area contributed by atoms with E-state index in [4.69, 9.17) is 10.8 Å². The Morgan fingerprint density at radius 3 is 2.50 bits per heavy atom. The van der Waals surface area contributed by atoms with Gasteiger partial charge in [-0.05, 0) is 17.8 Å². The molecule has 0 aliphatic heterocycles. The van der Waals surface area contributed by atoms with Gasteiger partial charge in [0, 0.05) is 13.2 Å². The Bertz CT molecular complexity index is 217. The fraction of sp³-hybridized carbons (Fsp3) is 0.917. The molecule has 16 heavy (non-hydrogen) atoms. The summed E-state index contributed by atoms with van der Waals surface area (Å²) in [6, 6.07) is -0.435. The van der Waals surface area contributed by atoms with Crippen LogP contribution in [0.1, 0.15) is 40.5 Å². The number of hydrogen-bond acceptors (Lipinski definition) is 3. The molecule has 4 nitrogen and oxygen atoms in total. The maximum absolute atomic E-state index is 11.7. The summed E-state index contributed by atoms with van der Waals surface area (Å²) >= 11 is 0. The predicted molar refractivity (Wildman–Crippen MR) is 65.9 cm³/mol. The van der Waals surface area contributed by atoms with Crippen LogP contribution in [-0.4, -0.2) is 30.2 Å².